The Balaban J connectivity index is 0.000000188. The fourth-order valence-electron chi connectivity index (χ4n) is 5.85. The highest BCUT2D eigenvalue weighted by molar-refractivity contribution is 7.09. The number of rotatable bonds is 7. The lowest BCUT2D eigenvalue weighted by atomic mass is 10.0. The number of hydrogen-bond donors (Lipinski definition) is 0. The molecule has 0 saturated heterocycles. The maximum absolute atomic E-state index is 13.1. The summed E-state index contributed by atoms with van der Waals surface area (Å²) >= 11 is 25.7. The summed E-state index contributed by atoms with van der Waals surface area (Å²) in [7, 11) is 3.93. The van der Waals surface area contributed by atoms with Gasteiger partial charge < -0.3 is 14.5 Å². The van der Waals surface area contributed by atoms with E-state index in [4.69, 9.17) is 56.1 Å². The molecule has 55 heavy (non-hydrogen) atoms. The van der Waals surface area contributed by atoms with Crippen molar-refractivity contribution in [1.29, 1.82) is 0 Å². The first-order valence-corrected chi connectivity index (χ1v) is 19.5. The average Bonchev–Trinajstić information content (AvgIpc) is 3.58. The molecule has 13 heteroatoms. The predicted octanol–water partition coefficient (Wildman–Crippen LogP) is 12.6. The standard InChI is InChI=1S/C23H20Cl2N2OS.C19H15Cl2F3N2/c1-27-11-10-26-22(9-5-16-4-8-20(24)21(25)13-16)19-7-6-17(14-23(19)27)28-15-18-3-2-12-29-18;1-26-9-8-25-17(6-3-12-2-5-15(20)16(21)10-12)14-11-13(19(22,23)24)4-7-18(14)26/h2-9,12-14H,10-11,15H2,1H3;2-7,10-11H,8-9H2,1H3. The number of aliphatic imine (C=N–C) groups is 2. The third kappa shape index (κ3) is 10.5. The number of fused-ring (bicyclic) bond motifs is 2. The molecule has 0 saturated carbocycles. The molecule has 0 fully saturated rings. The van der Waals surface area contributed by atoms with E-state index in [-0.39, 0.29) is 0 Å². The number of hydrogen-bond acceptors (Lipinski definition) is 6. The number of likely N-dealkylation sites (N-methyl/N-ethyl adjacent to an activating group) is 2. The number of nitrogens with zero attached hydrogens (tertiary/aromatic N) is 4. The van der Waals surface area contributed by atoms with E-state index < -0.39 is 11.7 Å². The van der Waals surface area contributed by atoms with Crippen LogP contribution in [0.25, 0.3) is 12.2 Å². The average molecular weight is 843 g/mol. The summed E-state index contributed by atoms with van der Waals surface area (Å²) in [4.78, 5) is 14.6. The molecule has 0 N–H and O–H groups in total. The van der Waals surface area contributed by atoms with E-state index in [1.165, 1.54) is 10.9 Å². The number of anilines is 2. The van der Waals surface area contributed by atoms with Gasteiger partial charge in [0.1, 0.15) is 12.4 Å². The van der Waals surface area contributed by atoms with Crippen LogP contribution in [0.3, 0.4) is 0 Å². The minimum absolute atomic E-state index is 0.413. The maximum atomic E-state index is 13.1. The lowest BCUT2D eigenvalue weighted by molar-refractivity contribution is -0.137. The number of alkyl halides is 3. The van der Waals surface area contributed by atoms with E-state index in [0.29, 0.717) is 56.7 Å². The topological polar surface area (TPSA) is 40.4 Å². The Morgan fingerprint density at radius 3 is 1.84 bits per heavy atom. The highest BCUT2D eigenvalue weighted by atomic mass is 35.5. The summed E-state index contributed by atoms with van der Waals surface area (Å²) < 4.78 is 45.3. The zero-order chi connectivity index (χ0) is 39.1. The van der Waals surface area contributed by atoms with Crippen molar-refractivity contribution in [2.24, 2.45) is 9.98 Å². The molecule has 7 rings (SSSR count). The van der Waals surface area contributed by atoms with Crippen LogP contribution in [0, 0.1) is 0 Å². The molecule has 0 unspecified atom stereocenters. The second-order valence-corrected chi connectivity index (χ2v) is 15.3. The Morgan fingerprint density at radius 2 is 1.27 bits per heavy atom. The summed E-state index contributed by atoms with van der Waals surface area (Å²) in [5, 5.41) is 4.02. The Labute approximate surface area is 342 Å². The Kier molecular flexibility index (Phi) is 13.3. The molecule has 2 aliphatic rings. The van der Waals surface area contributed by atoms with Crippen molar-refractivity contribution in [2.75, 3.05) is 50.1 Å². The van der Waals surface area contributed by atoms with Gasteiger partial charge in [0.2, 0.25) is 0 Å². The Morgan fingerprint density at radius 1 is 0.673 bits per heavy atom. The van der Waals surface area contributed by atoms with Gasteiger partial charge in [-0.05, 0) is 89.3 Å². The smallest absolute Gasteiger partial charge is 0.416 e. The molecule has 0 aliphatic carbocycles. The molecular weight excluding hydrogens is 807 g/mol. The fourth-order valence-corrected chi connectivity index (χ4v) is 7.08. The number of ether oxygens (including phenoxy) is 1. The summed E-state index contributed by atoms with van der Waals surface area (Å²) in [5.74, 6) is 0.860. The largest absolute Gasteiger partial charge is 0.488 e. The van der Waals surface area contributed by atoms with Crippen molar-refractivity contribution in [3.8, 4) is 5.75 Å². The van der Waals surface area contributed by atoms with Crippen molar-refractivity contribution >= 4 is 92.7 Å². The molecule has 0 bridgehead atoms. The number of benzodiazepines with no additional fused rings is 2. The first-order chi connectivity index (χ1) is 26.4. The van der Waals surface area contributed by atoms with E-state index >= 15 is 0 Å². The predicted molar refractivity (Wildman–Crippen MR) is 227 cm³/mol. The lowest BCUT2D eigenvalue weighted by Crippen LogP contribution is -2.20. The van der Waals surface area contributed by atoms with E-state index in [2.05, 4.69) is 40.5 Å². The number of halogens is 7. The molecule has 0 spiro atoms. The molecule has 0 amide bonds. The maximum Gasteiger partial charge on any atom is 0.416 e. The second kappa shape index (κ2) is 18.1. The van der Waals surface area contributed by atoms with Gasteiger partial charge in [0.05, 0.1) is 50.2 Å². The third-order valence-corrected chi connectivity index (χ3v) is 11.1. The Bertz CT molecular complexity index is 2270. The van der Waals surface area contributed by atoms with Gasteiger partial charge in [-0.15, -0.1) is 11.3 Å². The van der Waals surface area contributed by atoms with Crippen molar-refractivity contribution in [3.63, 3.8) is 0 Å². The summed E-state index contributed by atoms with van der Waals surface area (Å²) in [6.07, 6.45) is 3.10. The number of allylic oxidation sites excluding steroid dienone is 2. The highest BCUT2D eigenvalue weighted by Crippen LogP contribution is 2.34. The third-order valence-electron chi connectivity index (χ3n) is 8.82. The van der Waals surface area contributed by atoms with Gasteiger partial charge in [0.25, 0.3) is 0 Å². The minimum Gasteiger partial charge on any atom is -0.488 e. The van der Waals surface area contributed by atoms with Gasteiger partial charge in [-0.2, -0.15) is 13.2 Å². The SMILES string of the molecule is CN1CCN=C(C=Cc2ccc(Cl)c(Cl)c2)c2cc(C(F)(F)F)ccc21.CN1CCN=C(C=Cc2ccc(Cl)c(Cl)c2)c2ccc(OCc3cccs3)cc21. The van der Waals surface area contributed by atoms with E-state index in [0.717, 1.165) is 59.1 Å². The zero-order valence-corrected chi connectivity index (χ0v) is 33.6. The van der Waals surface area contributed by atoms with Crippen LogP contribution in [0.15, 0.2) is 112 Å². The second-order valence-electron chi connectivity index (χ2n) is 12.7. The van der Waals surface area contributed by atoms with Crippen LogP contribution < -0.4 is 14.5 Å². The van der Waals surface area contributed by atoms with Crippen molar-refractivity contribution in [2.45, 2.75) is 12.8 Å². The highest BCUT2D eigenvalue weighted by Gasteiger charge is 2.32. The van der Waals surface area contributed by atoms with Gasteiger partial charge in [-0.3, -0.25) is 9.98 Å². The zero-order valence-electron chi connectivity index (χ0n) is 29.8. The van der Waals surface area contributed by atoms with Crippen LogP contribution in [-0.2, 0) is 12.8 Å². The summed E-state index contributed by atoms with van der Waals surface area (Å²) in [5.41, 5.74) is 5.90. The molecule has 284 valence electrons. The van der Waals surface area contributed by atoms with Crippen molar-refractivity contribution < 1.29 is 17.9 Å². The van der Waals surface area contributed by atoms with Gasteiger partial charge in [-0.25, -0.2) is 0 Å². The van der Waals surface area contributed by atoms with E-state index in [1.54, 1.807) is 47.8 Å². The van der Waals surface area contributed by atoms with Crippen LogP contribution in [0.5, 0.6) is 5.75 Å². The van der Waals surface area contributed by atoms with Gasteiger partial charge in [-0.1, -0.05) is 76.8 Å². The molecule has 0 atom stereocenters. The monoisotopic (exact) mass is 840 g/mol. The molecule has 3 heterocycles. The van der Waals surface area contributed by atoms with Crippen LogP contribution in [-0.4, -0.2) is 51.7 Å². The van der Waals surface area contributed by atoms with E-state index in [1.807, 2.05) is 48.4 Å². The summed E-state index contributed by atoms with van der Waals surface area (Å²) in [6.45, 7) is 3.29. The van der Waals surface area contributed by atoms with Crippen LogP contribution in [0.2, 0.25) is 20.1 Å². The van der Waals surface area contributed by atoms with Crippen LogP contribution in [0.1, 0.15) is 32.7 Å². The van der Waals surface area contributed by atoms with Crippen LogP contribution >= 0.6 is 57.7 Å². The molecular formula is C42H35Cl4F3N4OS. The number of benzene rings is 4. The van der Waals surface area contributed by atoms with Crippen molar-refractivity contribution in [1.82, 2.24) is 0 Å². The first-order valence-electron chi connectivity index (χ1n) is 17.1. The first kappa shape index (κ1) is 40.4. The van der Waals surface area contributed by atoms with Gasteiger partial charge in [0.15, 0.2) is 0 Å². The van der Waals surface area contributed by atoms with E-state index in [9.17, 15) is 13.2 Å². The van der Waals surface area contributed by atoms with Gasteiger partial charge >= 0.3 is 6.18 Å². The molecule has 1 aromatic heterocycles. The molecule has 5 aromatic rings. The molecule has 0 radical (unpaired) electrons. The number of thiophene rings is 1. The quantitative estimate of drug-likeness (QED) is 0.164. The lowest BCUT2D eigenvalue weighted by Gasteiger charge is -2.20. The molecule has 4 aromatic carbocycles. The van der Waals surface area contributed by atoms with Crippen LogP contribution in [0.4, 0.5) is 24.5 Å². The molecule has 5 nitrogen and oxygen atoms in total. The Hall–Kier alpha value is -4.25. The van der Waals surface area contributed by atoms with Gasteiger partial charge in [0, 0.05) is 60.6 Å². The normalized spacial score (nSPS) is 14.4. The fraction of sp³-hybridized carbons (Fsp3) is 0.190. The summed E-state index contributed by atoms with van der Waals surface area (Å²) in [6, 6.07) is 24.8. The van der Waals surface area contributed by atoms with Crippen molar-refractivity contribution in [3.05, 3.63) is 155 Å². The molecule has 2 aliphatic heterocycles. The minimum atomic E-state index is -4.40.